The molecule has 1 atom stereocenters. The van der Waals surface area contributed by atoms with Gasteiger partial charge in [-0.2, -0.15) is 0 Å². The number of fused-ring (bicyclic) bond motifs is 1. The van der Waals surface area contributed by atoms with Crippen molar-refractivity contribution in [3.05, 3.63) is 46.5 Å². The lowest BCUT2D eigenvalue weighted by Crippen LogP contribution is -2.26. The maximum atomic E-state index is 12.2. The van der Waals surface area contributed by atoms with E-state index >= 15 is 0 Å². The highest BCUT2D eigenvalue weighted by Gasteiger charge is 2.34. The summed E-state index contributed by atoms with van der Waals surface area (Å²) in [7, 11) is 0. The maximum absolute atomic E-state index is 12.2. The zero-order chi connectivity index (χ0) is 16.6. The highest BCUT2D eigenvalue weighted by Crippen LogP contribution is 2.38. The highest BCUT2D eigenvalue weighted by molar-refractivity contribution is 7.17. The van der Waals surface area contributed by atoms with Crippen LogP contribution in [0.25, 0.3) is 0 Å². The first kappa shape index (κ1) is 15.8. The van der Waals surface area contributed by atoms with Crippen molar-refractivity contribution in [2.24, 2.45) is 5.41 Å². The van der Waals surface area contributed by atoms with Gasteiger partial charge in [0.1, 0.15) is 0 Å². The molecular weight excluding hydrogens is 312 g/mol. The van der Waals surface area contributed by atoms with Gasteiger partial charge in [0.05, 0.1) is 10.6 Å². The van der Waals surface area contributed by atoms with Crippen LogP contribution in [0.2, 0.25) is 0 Å². The van der Waals surface area contributed by atoms with Crippen molar-refractivity contribution >= 4 is 28.2 Å². The molecule has 3 rings (SSSR count). The van der Waals surface area contributed by atoms with E-state index in [2.05, 4.69) is 10.3 Å². The number of amides is 1. The SMILES string of the molecule is CC1(C)CC(=O)c2sc(NC(=O)C(O)c3ccccc3)nc2C1. The van der Waals surface area contributed by atoms with E-state index in [0.717, 1.165) is 5.69 Å². The number of Topliss-reactive ketones (excluding diaryl/α,β-unsaturated/α-hetero) is 1. The lowest BCUT2D eigenvalue weighted by molar-refractivity contribution is -0.124. The Labute approximate surface area is 138 Å². The van der Waals surface area contributed by atoms with Crippen molar-refractivity contribution in [2.75, 3.05) is 5.32 Å². The standard InChI is InChI=1S/C17H18N2O3S/c1-17(2)8-11-14(12(20)9-17)23-16(18-11)19-15(22)13(21)10-6-4-3-5-7-10/h3-7,13,21H,8-9H2,1-2H3,(H,18,19,22). The van der Waals surface area contributed by atoms with Gasteiger partial charge in [-0.1, -0.05) is 55.5 Å². The summed E-state index contributed by atoms with van der Waals surface area (Å²) in [4.78, 5) is 29.3. The number of ketones is 1. The Morgan fingerprint density at radius 1 is 1.30 bits per heavy atom. The van der Waals surface area contributed by atoms with Crippen LogP contribution < -0.4 is 5.32 Å². The quantitative estimate of drug-likeness (QED) is 0.907. The number of carbonyl (C=O) groups is 2. The van der Waals surface area contributed by atoms with Gasteiger partial charge < -0.3 is 5.11 Å². The zero-order valence-electron chi connectivity index (χ0n) is 13.0. The number of nitrogens with one attached hydrogen (secondary N) is 1. The molecule has 23 heavy (non-hydrogen) atoms. The molecule has 2 N–H and O–H groups in total. The van der Waals surface area contributed by atoms with E-state index in [1.54, 1.807) is 24.3 Å². The summed E-state index contributed by atoms with van der Waals surface area (Å²) in [6.07, 6.45) is -0.0616. The van der Waals surface area contributed by atoms with Crippen molar-refractivity contribution < 1.29 is 14.7 Å². The lowest BCUT2D eigenvalue weighted by atomic mass is 9.78. The van der Waals surface area contributed by atoms with Crippen LogP contribution in [0.4, 0.5) is 5.13 Å². The lowest BCUT2D eigenvalue weighted by Gasteiger charge is -2.26. The number of thiazole rings is 1. The minimum Gasteiger partial charge on any atom is -0.378 e. The topological polar surface area (TPSA) is 79.3 Å². The minimum atomic E-state index is -1.26. The van der Waals surface area contributed by atoms with E-state index < -0.39 is 12.0 Å². The number of hydrogen-bond donors (Lipinski definition) is 2. The Morgan fingerprint density at radius 3 is 2.70 bits per heavy atom. The van der Waals surface area contributed by atoms with E-state index in [1.807, 2.05) is 19.9 Å². The van der Waals surface area contributed by atoms with Gasteiger partial charge in [0.15, 0.2) is 17.0 Å². The van der Waals surface area contributed by atoms with Gasteiger partial charge in [-0.05, 0) is 17.4 Å². The molecule has 0 saturated heterocycles. The monoisotopic (exact) mass is 330 g/mol. The number of aliphatic hydroxyl groups is 1. The molecule has 0 bridgehead atoms. The fraction of sp³-hybridized carbons (Fsp3) is 0.353. The molecule has 0 aliphatic heterocycles. The molecule has 0 radical (unpaired) electrons. The third-order valence-electron chi connectivity index (χ3n) is 3.83. The molecule has 1 heterocycles. The summed E-state index contributed by atoms with van der Waals surface area (Å²) in [5.74, 6) is -0.480. The fourth-order valence-electron chi connectivity index (χ4n) is 2.73. The van der Waals surface area contributed by atoms with Gasteiger partial charge in [0, 0.05) is 6.42 Å². The average molecular weight is 330 g/mol. The Morgan fingerprint density at radius 2 is 2.00 bits per heavy atom. The van der Waals surface area contributed by atoms with E-state index in [1.165, 1.54) is 11.3 Å². The minimum absolute atomic E-state index is 0.0675. The van der Waals surface area contributed by atoms with Crippen LogP contribution in [0.1, 0.15) is 47.3 Å². The molecule has 0 fully saturated rings. The second kappa shape index (κ2) is 5.86. The number of rotatable bonds is 3. The molecule has 5 nitrogen and oxygen atoms in total. The van der Waals surface area contributed by atoms with Crippen molar-refractivity contribution in [3.8, 4) is 0 Å². The molecule has 1 aromatic heterocycles. The number of carbonyl (C=O) groups excluding carboxylic acids is 2. The van der Waals surface area contributed by atoms with Crippen molar-refractivity contribution in [1.82, 2.24) is 4.98 Å². The van der Waals surface area contributed by atoms with Crippen LogP contribution in [0.3, 0.4) is 0 Å². The number of nitrogens with zero attached hydrogens (tertiary/aromatic N) is 1. The molecule has 1 aromatic carbocycles. The van der Waals surface area contributed by atoms with Gasteiger partial charge >= 0.3 is 0 Å². The Balaban J connectivity index is 1.77. The molecule has 0 saturated carbocycles. The predicted octanol–water partition coefficient (Wildman–Crippen LogP) is 2.97. The van der Waals surface area contributed by atoms with Crippen LogP contribution in [0, 0.1) is 5.41 Å². The average Bonchev–Trinajstić information content (AvgIpc) is 2.88. The second-order valence-electron chi connectivity index (χ2n) is 6.54. The molecule has 6 heteroatoms. The van der Waals surface area contributed by atoms with Gasteiger partial charge in [-0.3, -0.25) is 14.9 Å². The van der Waals surface area contributed by atoms with Crippen molar-refractivity contribution in [2.45, 2.75) is 32.8 Å². The predicted molar refractivity (Wildman–Crippen MR) is 88.6 cm³/mol. The van der Waals surface area contributed by atoms with Crippen LogP contribution in [-0.4, -0.2) is 21.8 Å². The molecule has 1 aliphatic carbocycles. The first-order valence-corrected chi connectivity index (χ1v) is 8.24. The van der Waals surface area contributed by atoms with Crippen molar-refractivity contribution in [3.63, 3.8) is 0 Å². The molecule has 2 aromatic rings. The van der Waals surface area contributed by atoms with Crippen LogP contribution in [0.5, 0.6) is 0 Å². The summed E-state index contributed by atoms with van der Waals surface area (Å²) in [5.41, 5.74) is 1.15. The molecular formula is C17H18N2O3S. The smallest absolute Gasteiger partial charge is 0.259 e. The third-order valence-corrected chi connectivity index (χ3v) is 4.88. The van der Waals surface area contributed by atoms with Gasteiger partial charge in [0.25, 0.3) is 5.91 Å². The number of anilines is 1. The fourth-order valence-corrected chi connectivity index (χ4v) is 3.66. The Kier molecular flexibility index (Phi) is 4.04. The van der Waals surface area contributed by atoms with E-state index in [0.29, 0.717) is 28.4 Å². The Hall–Kier alpha value is -2.05. The molecule has 1 amide bonds. The second-order valence-corrected chi connectivity index (χ2v) is 7.54. The maximum Gasteiger partial charge on any atom is 0.259 e. The summed E-state index contributed by atoms with van der Waals surface area (Å²) >= 11 is 1.18. The summed E-state index contributed by atoms with van der Waals surface area (Å²) in [6.45, 7) is 4.06. The first-order chi connectivity index (χ1) is 10.9. The summed E-state index contributed by atoms with van der Waals surface area (Å²) in [6, 6.07) is 8.70. The number of hydrogen-bond acceptors (Lipinski definition) is 5. The van der Waals surface area contributed by atoms with Gasteiger partial charge in [0.2, 0.25) is 0 Å². The summed E-state index contributed by atoms with van der Waals surface area (Å²) in [5, 5.41) is 13.1. The van der Waals surface area contributed by atoms with E-state index in [4.69, 9.17) is 0 Å². The largest absolute Gasteiger partial charge is 0.378 e. The normalized spacial score (nSPS) is 17.4. The van der Waals surface area contributed by atoms with Crippen LogP contribution >= 0.6 is 11.3 Å². The Bertz CT molecular complexity index is 752. The molecule has 1 aliphatic rings. The van der Waals surface area contributed by atoms with Crippen LogP contribution in [-0.2, 0) is 11.2 Å². The van der Waals surface area contributed by atoms with Gasteiger partial charge in [-0.15, -0.1) is 0 Å². The molecule has 120 valence electrons. The van der Waals surface area contributed by atoms with Crippen LogP contribution in [0.15, 0.2) is 30.3 Å². The molecule has 1 unspecified atom stereocenters. The van der Waals surface area contributed by atoms with E-state index in [9.17, 15) is 14.7 Å². The third kappa shape index (κ3) is 3.33. The number of aliphatic hydroxyl groups excluding tert-OH is 1. The van der Waals surface area contributed by atoms with E-state index in [-0.39, 0.29) is 11.2 Å². The number of aromatic nitrogens is 1. The van der Waals surface area contributed by atoms with Gasteiger partial charge in [-0.25, -0.2) is 4.98 Å². The molecule has 0 spiro atoms. The first-order valence-electron chi connectivity index (χ1n) is 7.42. The van der Waals surface area contributed by atoms with Crippen molar-refractivity contribution in [1.29, 1.82) is 0 Å². The zero-order valence-corrected chi connectivity index (χ0v) is 13.8. The highest BCUT2D eigenvalue weighted by atomic mass is 32.1. The number of benzene rings is 1. The summed E-state index contributed by atoms with van der Waals surface area (Å²) < 4.78 is 0.